The highest BCUT2D eigenvalue weighted by Crippen LogP contribution is 2.38. The predicted molar refractivity (Wildman–Crippen MR) is 224 cm³/mol. The second kappa shape index (κ2) is 13.8. The lowest BCUT2D eigenvalue weighted by Gasteiger charge is -2.14. The van der Waals surface area contributed by atoms with Crippen molar-refractivity contribution in [2.45, 2.75) is 0 Å². The molecule has 7 aromatic carbocycles. The molecular formula is C50H33N5. The van der Waals surface area contributed by atoms with E-state index in [0.29, 0.717) is 11.6 Å². The summed E-state index contributed by atoms with van der Waals surface area (Å²) in [4.78, 5) is 21.2. The molecule has 5 nitrogen and oxygen atoms in total. The van der Waals surface area contributed by atoms with Gasteiger partial charge in [-0.25, -0.2) is 19.9 Å². The van der Waals surface area contributed by atoms with Crippen LogP contribution >= 0.6 is 0 Å². The van der Waals surface area contributed by atoms with Crippen LogP contribution in [-0.2, 0) is 0 Å². The van der Waals surface area contributed by atoms with Gasteiger partial charge in [0.15, 0.2) is 11.6 Å². The number of fused-ring (bicyclic) bond motifs is 3. The molecule has 5 heteroatoms. The minimum Gasteiger partial charge on any atom is -0.273 e. The molecular weight excluding hydrogens is 671 g/mol. The summed E-state index contributed by atoms with van der Waals surface area (Å²) in [6.45, 7) is 0. The fourth-order valence-electron chi connectivity index (χ4n) is 7.32. The lowest BCUT2D eigenvalue weighted by molar-refractivity contribution is 1.03. The number of rotatable bonds is 7. The molecule has 55 heavy (non-hydrogen) atoms. The third kappa shape index (κ3) is 6.04. The number of nitrogens with zero attached hydrogens (tertiary/aromatic N) is 5. The van der Waals surface area contributed by atoms with E-state index in [1.165, 1.54) is 11.1 Å². The first-order valence-corrected chi connectivity index (χ1v) is 18.4. The van der Waals surface area contributed by atoms with Crippen LogP contribution in [0.2, 0.25) is 0 Å². The van der Waals surface area contributed by atoms with Gasteiger partial charge in [0.25, 0.3) is 0 Å². The maximum atomic E-state index is 5.37. The lowest BCUT2D eigenvalue weighted by Crippen LogP contribution is -2.05. The molecule has 3 aromatic heterocycles. The van der Waals surface area contributed by atoms with Crippen molar-refractivity contribution in [1.82, 2.24) is 24.3 Å². The van der Waals surface area contributed by atoms with Crippen molar-refractivity contribution in [1.29, 1.82) is 0 Å². The van der Waals surface area contributed by atoms with Gasteiger partial charge in [-0.2, -0.15) is 0 Å². The number of benzene rings is 7. The van der Waals surface area contributed by atoms with E-state index in [-0.39, 0.29) is 0 Å². The van der Waals surface area contributed by atoms with Crippen molar-refractivity contribution in [3.63, 3.8) is 0 Å². The van der Waals surface area contributed by atoms with Gasteiger partial charge in [-0.05, 0) is 28.3 Å². The Morgan fingerprint density at radius 2 is 0.691 bits per heavy atom. The van der Waals surface area contributed by atoms with Gasteiger partial charge < -0.3 is 0 Å². The smallest absolute Gasteiger partial charge is 0.178 e. The fourth-order valence-corrected chi connectivity index (χ4v) is 7.32. The monoisotopic (exact) mass is 703 g/mol. The Morgan fingerprint density at radius 3 is 1.20 bits per heavy atom. The number of aromatic nitrogens is 5. The zero-order valence-corrected chi connectivity index (χ0v) is 29.8. The van der Waals surface area contributed by atoms with Gasteiger partial charge in [0, 0.05) is 33.0 Å². The Labute approximate surface area is 319 Å². The molecule has 0 saturated carbocycles. The van der Waals surface area contributed by atoms with Gasteiger partial charge in [0.05, 0.1) is 11.4 Å². The van der Waals surface area contributed by atoms with E-state index in [1.54, 1.807) is 0 Å². The molecule has 10 rings (SSSR count). The van der Waals surface area contributed by atoms with Crippen molar-refractivity contribution in [2.24, 2.45) is 0 Å². The average molecular weight is 704 g/mol. The highest BCUT2D eigenvalue weighted by atomic mass is 15.1. The Balaban J connectivity index is 1.22. The largest absolute Gasteiger partial charge is 0.273 e. The van der Waals surface area contributed by atoms with Crippen molar-refractivity contribution in [3.8, 4) is 79.1 Å². The summed E-state index contributed by atoms with van der Waals surface area (Å²) < 4.78 is 2.15. The molecule has 0 atom stereocenters. The number of hydrogen-bond acceptors (Lipinski definition) is 4. The molecule has 0 aliphatic heterocycles. The maximum absolute atomic E-state index is 5.37. The summed E-state index contributed by atoms with van der Waals surface area (Å²) in [6.07, 6.45) is 0. The second-order valence-corrected chi connectivity index (χ2v) is 13.5. The van der Waals surface area contributed by atoms with E-state index in [1.807, 2.05) is 48.5 Å². The highest BCUT2D eigenvalue weighted by Gasteiger charge is 2.23. The van der Waals surface area contributed by atoms with Gasteiger partial charge in [-0.15, -0.1) is 0 Å². The maximum Gasteiger partial charge on any atom is 0.178 e. The first kappa shape index (κ1) is 32.2. The van der Waals surface area contributed by atoms with Crippen LogP contribution in [0.4, 0.5) is 0 Å². The molecule has 10 aromatic rings. The zero-order chi connectivity index (χ0) is 36.6. The van der Waals surface area contributed by atoms with Gasteiger partial charge in [-0.3, -0.25) is 4.40 Å². The summed E-state index contributed by atoms with van der Waals surface area (Å²) in [5, 5.41) is 2.00. The molecule has 0 aliphatic rings. The standard InChI is InChI=1S/C50H33N5/c1-5-15-34(16-6-1)36-25-29-38(30-26-36)44-33-45(39-31-27-37(28-32-39)35-17-7-2-8-18-35)52-48(51-44)46-42-23-13-14-24-43(42)50-54-47(40-19-9-3-10-20-40)53-49(55(46)50)41-21-11-4-12-22-41/h1-33H. The summed E-state index contributed by atoms with van der Waals surface area (Å²) >= 11 is 0. The summed E-state index contributed by atoms with van der Waals surface area (Å²) in [5.41, 5.74) is 11.9. The van der Waals surface area contributed by atoms with E-state index in [0.717, 1.165) is 72.7 Å². The molecule has 0 unspecified atom stereocenters. The lowest BCUT2D eigenvalue weighted by atomic mass is 10.0. The van der Waals surface area contributed by atoms with Crippen molar-refractivity contribution < 1.29 is 0 Å². The van der Waals surface area contributed by atoms with E-state index in [2.05, 4.69) is 156 Å². The van der Waals surface area contributed by atoms with Crippen LogP contribution in [0.5, 0.6) is 0 Å². The van der Waals surface area contributed by atoms with Crippen LogP contribution in [0.1, 0.15) is 0 Å². The molecule has 0 aliphatic carbocycles. The van der Waals surface area contributed by atoms with Gasteiger partial charge in [0.1, 0.15) is 17.2 Å². The van der Waals surface area contributed by atoms with Crippen molar-refractivity contribution in [3.05, 3.63) is 200 Å². The van der Waals surface area contributed by atoms with E-state index >= 15 is 0 Å². The van der Waals surface area contributed by atoms with Gasteiger partial charge in [0.2, 0.25) is 0 Å². The Bertz CT molecular complexity index is 2820. The van der Waals surface area contributed by atoms with Crippen LogP contribution < -0.4 is 0 Å². The Hall–Kier alpha value is -7.50. The first-order valence-electron chi connectivity index (χ1n) is 18.4. The molecule has 0 amide bonds. The second-order valence-electron chi connectivity index (χ2n) is 13.5. The van der Waals surface area contributed by atoms with Crippen LogP contribution in [0.3, 0.4) is 0 Å². The summed E-state index contributed by atoms with van der Waals surface area (Å²) in [6, 6.07) is 69.1. The Kier molecular flexibility index (Phi) is 8.08. The fraction of sp³-hybridized carbons (Fsp3) is 0. The van der Waals surface area contributed by atoms with Gasteiger partial charge >= 0.3 is 0 Å². The highest BCUT2D eigenvalue weighted by molar-refractivity contribution is 6.05. The molecule has 0 radical (unpaired) electrons. The molecule has 0 spiro atoms. The van der Waals surface area contributed by atoms with Gasteiger partial charge in [-0.1, -0.05) is 194 Å². The van der Waals surface area contributed by atoms with Crippen LogP contribution in [0.15, 0.2) is 200 Å². The van der Waals surface area contributed by atoms with E-state index in [9.17, 15) is 0 Å². The van der Waals surface area contributed by atoms with Crippen LogP contribution in [0.25, 0.3) is 95.5 Å². The summed E-state index contributed by atoms with van der Waals surface area (Å²) in [7, 11) is 0. The third-order valence-electron chi connectivity index (χ3n) is 10.1. The predicted octanol–water partition coefficient (Wildman–Crippen LogP) is 12.3. The normalized spacial score (nSPS) is 11.3. The molecule has 0 fully saturated rings. The average Bonchev–Trinajstić information content (AvgIpc) is 3.62. The molecule has 0 bridgehead atoms. The topological polar surface area (TPSA) is 56.0 Å². The zero-order valence-electron chi connectivity index (χ0n) is 29.8. The minimum atomic E-state index is 0.594. The minimum absolute atomic E-state index is 0.594. The molecule has 0 N–H and O–H groups in total. The van der Waals surface area contributed by atoms with E-state index in [4.69, 9.17) is 19.9 Å². The molecule has 3 heterocycles. The quantitative estimate of drug-likeness (QED) is 0.166. The first-order chi connectivity index (χ1) is 27.3. The number of hydrogen-bond donors (Lipinski definition) is 0. The third-order valence-corrected chi connectivity index (χ3v) is 10.1. The van der Waals surface area contributed by atoms with Crippen molar-refractivity contribution in [2.75, 3.05) is 0 Å². The molecule has 258 valence electrons. The van der Waals surface area contributed by atoms with Crippen LogP contribution in [0, 0.1) is 0 Å². The van der Waals surface area contributed by atoms with E-state index < -0.39 is 0 Å². The molecule has 0 saturated heterocycles. The van der Waals surface area contributed by atoms with Crippen molar-refractivity contribution >= 4 is 16.4 Å². The SMILES string of the molecule is c1ccc(-c2ccc(-c3cc(-c4ccc(-c5ccccc5)cc4)nc(-c4c5ccccc5c5nc(-c6ccccc6)nc(-c6ccccc6)n45)n3)cc2)cc1. The van der Waals surface area contributed by atoms with Crippen LogP contribution in [-0.4, -0.2) is 24.3 Å². The Morgan fingerprint density at radius 1 is 0.291 bits per heavy atom. The summed E-state index contributed by atoms with van der Waals surface area (Å²) in [5.74, 6) is 2.02.